The number of carbonyl (C=O) groups excluding carboxylic acids is 2. The Hall–Kier alpha value is -2.05. The van der Waals surface area contributed by atoms with Gasteiger partial charge < -0.3 is 10.4 Å². The molecule has 28 heavy (non-hydrogen) atoms. The predicted molar refractivity (Wildman–Crippen MR) is 106 cm³/mol. The van der Waals surface area contributed by atoms with Crippen molar-refractivity contribution >= 4 is 23.0 Å². The number of hydrogen-bond donors (Lipinski definition) is 2. The van der Waals surface area contributed by atoms with Gasteiger partial charge in [-0.05, 0) is 56.8 Å². The molecule has 0 radical (unpaired) electrons. The van der Waals surface area contributed by atoms with E-state index in [0.29, 0.717) is 38.9 Å². The zero-order valence-electron chi connectivity index (χ0n) is 15.9. The van der Waals surface area contributed by atoms with E-state index in [0.717, 1.165) is 32.1 Å². The van der Waals surface area contributed by atoms with Crippen molar-refractivity contribution in [2.24, 2.45) is 17.8 Å². The fraction of sp³-hybridized carbons (Fsp3) is 0.500. The molecule has 2 N–H and O–H groups in total. The Kier molecular flexibility index (Phi) is 4.18. The van der Waals surface area contributed by atoms with Crippen LogP contribution in [0.15, 0.2) is 30.3 Å². The summed E-state index contributed by atoms with van der Waals surface area (Å²) in [6, 6.07) is 9.16. The lowest BCUT2D eigenvalue weighted by Gasteiger charge is -2.58. The normalized spacial score (nSPS) is 33.1. The number of hydrogen-bond acceptors (Lipinski definition) is 5. The van der Waals surface area contributed by atoms with Crippen molar-refractivity contribution < 1.29 is 14.7 Å². The molecule has 6 rings (SSSR count). The number of nitrogens with one attached hydrogen (secondary N) is 1. The second-order valence-electron chi connectivity index (χ2n) is 8.82. The molecule has 2 aromatic rings. The summed E-state index contributed by atoms with van der Waals surface area (Å²) in [4.78, 5) is 30.5. The molecule has 0 saturated heterocycles. The molecule has 5 nitrogen and oxygen atoms in total. The second kappa shape index (κ2) is 6.49. The highest BCUT2D eigenvalue weighted by Gasteiger charge is 2.55. The van der Waals surface area contributed by atoms with Crippen LogP contribution >= 0.6 is 11.3 Å². The van der Waals surface area contributed by atoms with E-state index < -0.39 is 5.60 Å². The molecule has 1 aromatic carbocycles. The number of aryl methyl sites for hydroxylation is 1. The molecule has 1 heterocycles. The minimum atomic E-state index is -0.507. The summed E-state index contributed by atoms with van der Waals surface area (Å²) in [5.41, 5.74) is 0.676. The summed E-state index contributed by atoms with van der Waals surface area (Å²) in [6.07, 6.45) is 4.72. The van der Waals surface area contributed by atoms with Gasteiger partial charge in [0.25, 0.3) is 5.91 Å². The van der Waals surface area contributed by atoms with Crippen LogP contribution in [0.3, 0.4) is 0 Å². The van der Waals surface area contributed by atoms with Crippen molar-refractivity contribution in [3.8, 4) is 0 Å². The quantitative estimate of drug-likeness (QED) is 0.777. The van der Waals surface area contributed by atoms with Gasteiger partial charge in [-0.25, -0.2) is 4.98 Å². The van der Waals surface area contributed by atoms with Crippen molar-refractivity contribution in [3.63, 3.8) is 0 Å². The summed E-state index contributed by atoms with van der Waals surface area (Å²) in [5, 5.41) is 14.3. The van der Waals surface area contributed by atoms with Gasteiger partial charge in [0.15, 0.2) is 5.01 Å². The number of carbonyl (C=O) groups is 2. The van der Waals surface area contributed by atoms with Gasteiger partial charge in [-0.2, -0.15) is 0 Å². The number of benzene rings is 1. The van der Waals surface area contributed by atoms with Crippen LogP contribution in [0, 0.1) is 24.7 Å². The summed E-state index contributed by atoms with van der Waals surface area (Å²) in [6.45, 7) is 1.78. The van der Waals surface area contributed by atoms with E-state index in [-0.39, 0.29) is 17.7 Å². The van der Waals surface area contributed by atoms with Gasteiger partial charge in [0, 0.05) is 11.6 Å². The average Bonchev–Trinajstić information content (AvgIpc) is 3.05. The number of aliphatic hydroxyl groups is 1. The Labute approximate surface area is 168 Å². The molecule has 4 bridgehead atoms. The van der Waals surface area contributed by atoms with Crippen LogP contribution in [0.4, 0.5) is 0 Å². The van der Waals surface area contributed by atoms with Gasteiger partial charge in [-0.15, -0.1) is 11.3 Å². The van der Waals surface area contributed by atoms with Crippen LogP contribution in [0.1, 0.15) is 62.8 Å². The highest BCUT2D eigenvalue weighted by molar-refractivity contribution is 7.15. The van der Waals surface area contributed by atoms with Crippen molar-refractivity contribution in [3.05, 3.63) is 51.5 Å². The molecule has 2 atom stereocenters. The maximum atomic E-state index is 13.0. The molecule has 0 aliphatic heterocycles. The summed E-state index contributed by atoms with van der Waals surface area (Å²) in [7, 11) is 0. The van der Waals surface area contributed by atoms with E-state index in [1.54, 1.807) is 19.1 Å². The molecule has 4 aliphatic carbocycles. The third kappa shape index (κ3) is 2.99. The lowest BCUT2D eigenvalue weighted by atomic mass is 9.52. The van der Waals surface area contributed by atoms with Gasteiger partial charge in [0.2, 0.25) is 5.78 Å². The second-order valence-corrected chi connectivity index (χ2v) is 9.82. The van der Waals surface area contributed by atoms with Crippen LogP contribution in [0.5, 0.6) is 0 Å². The van der Waals surface area contributed by atoms with Gasteiger partial charge in [0.05, 0.1) is 11.3 Å². The number of rotatable bonds is 4. The first-order valence-corrected chi connectivity index (χ1v) is 10.8. The van der Waals surface area contributed by atoms with Crippen LogP contribution in [-0.2, 0) is 0 Å². The van der Waals surface area contributed by atoms with E-state index in [9.17, 15) is 14.7 Å². The standard InChI is InChI=1S/C22H24N2O3S/c1-12-19(28-21(23-12)18(25)14-5-3-2-4-6-14)20(26)24-17-15-7-13-8-16(17)11-22(27,9-13)10-15/h2-6,13,15-17,27H,7-11H2,1H3,(H,24,26). The Morgan fingerprint density at radius 1 is 1.14 bits per heavy atom. The van der Waals surface area contributed by atoms with Gasteiger partial charge in [-0.1, -0.05) is 30.3 Å². The van der Waals surface area contributed by atoms with Gasteiger partial charge in [0.1, 0.15) is 4.88 Å². The van der Waals surface area contributed by atoms with E-state index in [1.807, 2.05) is 18.2 Å². The first-order chi connectivity index (χ1) is 13.4. The van der Waals surface area contributed by atoms with Crippen molar-refractivity contribution in [1.29, 1.82) is 0 Å². The summed E-state index contributed by atoms with van der Waals surface area (Å²) < 4.78 is 0. The smallest absolute Gasteiger partial charge is 0.263 e. The summed E-state index contributed by atoms with van der Waals surface area (Å²) in [5.74, 6) is 1.05. The Bertz CT molecular complexity index is 923. The maximum absolute atomic E-state index is 13.0. The molecular weight excluding hydrogens is 372 g/mol. The zero-order chi connectivity index (χ0) is 19.5. The first-order valence-electron chi connectivity index (χ1n) is 10.0. The topological polar surface area (TPSA) is 79.3 Å². The molecule has 2 unspecified atom stereocenters. The lowest BCUT2D eigenvalue weighted by Crippen LogP contribution is -2.61. The highest BCUT2D eigenvalue weighted by Crippen LogP contribution is 2.55. The zero-order valence-corrected chi connectivity index (χ0v) is 16.7. The predicted octanol–water partition coefficient (Wildman–Crippen LogP) is 3.35. The maximum Gasteiger partial charge on any atom is 0.263 e. The molecule has 4 fully saturated rings. The number of amides is 1. The van der Waals surface area contributed by atoms with Crippen molar-refractivity contribution in [2.75, 3.05) is 0 Å². The molecular formula is C22H24N2O3S. The molecule has 0 spiro atoms. The SMILES string of the molecule is Cc1nc(C(=O)c2ccccc2)sc1C(=O)NC1C2CC3CC1CC(O)(C3)C2. The Morgan fingerprint density at radius 3 is 2.46 bits per heavy atom. The minimum Gasteiger partial charge on any atom is -0.390 e. The van der Waals surface area contributed by atoms with Crippen molar-refractivity contribution in [2.45, 2.75) is 50.7 Å². The summed E-state index contributed by atoms with van der Waals surface area (Å²) >= 11 is 1.17. The number of nitrogens with zero attached hydrogens (tertiary/aromatic N) is 1. The number of aromatic nitrogens is 1. The van der Waals surface area contributed by atoms with Gasteiger partial charge >= 0.3 is 0 Å². The van der Waals surface area contributed by atoms with E-state index in [2.05, 4.69) is 10.3 Å². The van der Waals surface area contributed by atoms with Crippen LogP contribution in [0.2, 0.25) is 0 Å². The number of ketones is 1. The highest BCUT2D eigenvalue weighted by atomic mass is 32.1. The molecule has 4 aliphatic rings. The average molecular weight is 397 g/mol. The van der Waals surface area contributed by atoms with Gasteiger partial charge in [-0.3, -0.25) is 9.59 Å². The lowest BCUT2D eigenvalue weighted by molar-refractivity contribution is -0.136. The largest absolute Gasteiger partial charge is 0.390 e. The molecule has 1 amide bonds. The molecule has 1 aromatic heterocycles. The molecule has 4 saturated carbocycles. The number of thiazole rings is 1. The molecule has 6 heteroatoms. The fourth-order valence-electron chi connectivity index (χ4n) is 5.85. The van der Waals surface area contributed by atoms with E-state index in [4.69, 9.17) is 0 Å². The fourth-order valence-corrected chi connectivity index (χ4v) is 6.78. The van der Waals surface area contributed by atoms with E-state index in [1.165, 1.54) is 11.3 Å². The Morgan fingerprint density at radius 2 is 1.82 bits per heavy atom. The third-order valence-corrected chi connectivity index (χ3v) is 7.93. The van der Waals surface area contributed by atoms with Crippen LogP contribution in [-0.4, -0.2) is 33.4 Å². The minimum absolute atomic E-state index is 0.124. The monoisotopic (exact) mass is 396 g/mol. The first kappa shape index (κ1) is 18.0. The van der Waals surface area contributed by atoms with Crippen molar-refractivity contribution in [1.82, 2.24) is 10.3 Å². The third-order valence-electron chi connectivity index (χ3n) is 6.77. The van der Waals surface area contributed by atoms with E-state index >= 15 is 0 Å². The Balaban J connectivity index is 1.34. The van der Waals surface area contributed by atoms with Crippen LogP contribution in [0.25, 0.3) is 0 Å². The molecule has 146 valence electrons. The van der Waals surface area contributed by atoms with Crippen LogP contribution < -0.4 is 5.32 Å².